The summed E-state index contributed by atoms with van der Waals surface area (Å²) in [6.45, 7) is 2.63. The minimum absolute atomic E-state index is 0.0594. The summed E-state index contributed by atoms with van der Waals surface area (Å²) >= 11 is 3.15. The first kappa shape index (κ1) is 20.9. The highest BCUT2D eigenvalue weighted by atomic mass is 32.2. The van der Waals surface area contributed by atoms with Gasteiger partial charge in [-0.2, -0.15) is 0 Å². The number of rotatable bonds is 9. The Morgan fingerprint density at radius 2 is 2.25 bits per heavy atom. The van der Waals surface area contributed by atoms with Crippen LogP contribution >= 0.6 is 23.1 Å². The maximum atomic E-state index is 11.9. The van der Waals surface area contributed by atoms with Gasteiger partial charge < -0.3 is 15.0 Å². The molecule has 1 aliphatic carbocycles. The second kappa shape index (κ2) is 9.56. The lowest BCUT2D eigenvalue weighted by Gasteiger charge is -2.19. The molecular formula is C19H26N4O3S2. The maximum Gasteiger partial charge on any atom is 0.303 e. The van der Waals surface area contributed by atoms with Gasteiger partial charge in [0.15, 0.2) is 11.0 Å². The van der Waals surface area contributed by atoms with Gasteiger partial charge >= 0.3 is 5.97 Å². The number of carboxylic acids is 1. The molecule has 0 saturated carbocycles. The third kappa shape index (κ3) is 5.14. The fourth-order valence-electron chi connectivity index (χ4n) is 3.36. The number of hydrogen-bond donors (Lipinski definition) is 2. The highest BCUT2D eigenvalue weighted by molar-refractivity contribution is 7.99. The third-order valence-electron chi connectivity index (χ3n) is 5.04. The average molecular weight is 423 g/mol. The summed E-state index contributed by atoms with van der Waals surface area (Å²) < 4.78 is 1.94. The zero-order chi connectivity index (χ0) is 20.1. The molecule has 0 spiro atoms. The standard InChI is InChI=1S/C19H26N4O3S2/c1-3-12-6-7-14-13(9-12)10-15(28-14)18-21-22-19(23(18)2)27-11-16(24)20-8-4-5-17(25)26/h10,12H,3-9,11H2,1-2H3,(H,20,24)(H,25,26)/t12-/m1/s1. The lowest BCUT2D eigenvalue weighted by molar-refractivity contribution is -0.137. The van der Waals surface area contributed by atoms with E-state index in [1.165, 1.54) is 35.0 Å². The van der Waals surface area contributed by atoms with Crippen LogP contribution in [0.3, 0.4) is 0 Å². The van der Waals surface area contributed by atoms with Gasteiger partial charge in [0, 0.05) is 24.9 Å². The minimum Gasteiger partial charge on any atom is -0.481 e. The number of amides is 1. The first-order valence-electron chi connectivity index (χ1n) is 9.60. The Morgan fingerprint density at radius 3 is 3.00 bits per heavy atom. The second-order valence-corrected chi connectivity index (χ2v) is 9.16. The Morgan fingerprint density at radius 1 is 1.43 bits per heavy atom. The summed E-state index contributed by atoms with van der Waals surface area (Å²) in [5.41, 5.74) is 1.45. The fourth-order valence-corrected chi connectivity index (χ4v) is 5.33. The number of carbonyl (C=O) groups excluding carboxylic acids is 1. The van der Waals surface area contributed by atoms with Gasteiger partial charge in [-0.3, -0.25) is 9.59 Å². The SMILES string of the molecule is CC[C@@H]1CCc2sc(-c3nnc(SCC(=O)NCCCC(=O)O)n3C)cc2C1. The molecular weight excluding hydrogens is 396 g/mol. The number of carboxylic acid groups (broad SMARTS) is 1. The number of thioether (sulfide) groups is 1. The molecule has 1 amide bonds. The fraction of sp³-hybridized carbons (Fsp3) is 0.579. The van der Waals surface area contributed by atoms with Gasteiger partial charge in [-0.1, -0.05) is 25.1 Å². The van der Waals surface area contributed by atoms with Crippen LogP contribution < -0.4 is 5.32 Å². The molecule has 2 heterocycles. The summed E-state index contributed by atoms with van der Waals surface area (Å²) in [5, 5.41) is 20.6. The summed E-state index contributed by atoms with van der Waals surface area (Å²) in [7, 11) is 1.93. The van der Waals surface area contributed by atoms with Crippen LogP contribution in [0.15, 0.2) is 11.2 Å². The molecule has 2 aromatic heterocycles. The van der Waals surface area contributed by atoms with E-state index in [1.54, 1.807) is 0 Å². The van der Waals surface area contributed by atoms with Crippen molar-refractivity contribution in [2.24, 2.45) is 13.0 Å². The molecule has 2 aromatic rings. The summed E-state index contributed by atoms with van der Waals surface area (Å²) in [4.78, 5) is 25.0. The predicted molar refractivity (Wildman–Crippen MR) is 111 cm³/mol. The highest BCUT2D eigenvalue weighted by Gasteiger charge is 2.22. The third-order valence-corrected chi connectivity index (χ3v) is 7.29. The van der Waals surface area contributed by atoms with Gasteiger partial charge in [-0.05, 0) is 43.2 Å². The van der Waals surface area contributed by atoms with Gasteiger partial charge in [-0.25, -0.2) is 0 Å². The Balaban J connectivity index is 1.56. The van der Waals surface area contributed by atoms with Crippen LogP contribution in [-0.2, 0) is 29.5 Å². The molecule has 28 heavy (non-hydrogen) atoms. The molecule has 152 valence electrons. The molecule has 2 N–H and O–H groups in total. The van der Waals surface area contributed by atoms with Crippen LogP contribution in [-0.4, -0.2) is 44.0 Å². The Bertz CT molecular complexity index is 846. The number of nitrogens with one attached hydrogen (secondary N) is 1. The Hall–Kier alpha value is -1.87. The quantitative estimate of drug-likeness (QED) is 0.476. The van der Waals surface area contributed by atoms with E-state index in [2.05, 4.69) is 28.5 Å². The Kier molecular flexibility index (Phi) is 7.12. The number of aryl methyl sites for hydroxylation is 1. The first-order chi connectivity index (χ1) is 13.5. The van der Waals surface area contributed by atoms with Crippen molar-refractivity contribution in [2.75, 3.05) is 12.3 Å². The van der Waals surface area contributed by atoms with Gasteiger partial charge in [0.1, 0.15) is 0 Å². The molecule has 9 heteroatoms. The van der Waals surface area contributed by atoms with Crippen LogP contribution in [0.5, 0.6) is 0 Å². The molecule has 3 rings (SSSR count). The molecule has 0 aliphatic heterocycles. The van der Waals surface area contributed by atoms with Crippen molar-refractivity contribution in [1.82, 2.24) is 20.1 Å². The summed E-state index contributed by atoms with van der Waals surface area (Å²) in [6.07, 6.45) is 5.30. The number of hydrogen-bond acceptors (Lipinski definition) is 6. The molecule has 0 aromatic carbocycles. The van der Waals surface area contributed by atoms with Gasteiger partial charge in [-0.15, -0.1) is 21.5 Å². The molecule has 1 atom stereocenters. The summed E-state index contributed by atoms with van der Waals surface area (Å²) in [6, 6.07) is 2.26. The number of fused-ring (bicyclic) bond motifs is 1. The van der Waals surface area contributed by atoms with Crippen molar-refractivity contribution >= 4 is 35.0 Å². The largest absolute Gasteiger partial charge is 0.481 e. The predicted octanol–water partition coefficient (Wildman–Crippen LogP) is 3.13. The number of aliphatic carboxylic acids is 1. The van der Waals surface area contributed by atoms with Gasteiger partial charge in [0.25, 0.3) is 0 Å². The molecule has 0 unspecified atom stereocenters. The smallest absolute Gasteiger partial charge is 0.303 e. The van der Waals surface area contributed by atoms with E-state index in [0.29, 0.717) is 18.1 Å². The first-order valence-corrected chi connectivity index (χ1v) is 11.4. The number of carbonyl (C=O) groups is 2. The zero-order valence-electron chi connectivity index (χ0n) is 16.2. The molecule has 0 radical (unpaired) electrons. The normalized spacial score (nSPS) is 16.0. The van der Waals surface area contributed by atoms with Crippen LogP contribution in [0.4, 0.5) is 0 Å². The lowest BCUT2D eigenvalue weighted by atomic mass is 9.87. The zero-order valence-corrected chi connectivity index (χ0v) is 17.9. The van der Waals surface area contributed by atoms with Crippen molar-refractivity contribution in [3.05, 3.63) is 16.5 Å². The van der Waals surface area contributed by atoms with Crippen molar-refractivity contribution < 1.29 is 14.7 Å². The van der Waals surface area contributed by atoms with E-state index in [-0.39, 0.29) is 18.1 Å². The van der Waals surface area contributed by atoms with E-state index < -0.39 is 5.97 Å². The average Bonchev–Trinajstić information content (AvgIpc) is 3.25. The maximum absolute atomic E-state index is 11.9. The van der Waals surface area contributed by atoms with Crippen LogP contribution in [0.25, 0.3) is 10.7 Å². The number of aromatic nitrogens is 3. The number of nitrogens with zero attached hydrogens (tertiary/aromatic N) is 3. The molecule has 0 fully saturated rings. The highest BCUT2D eigenvalue weighted by Crippen LogP contribution is 2.37. The number of thiophene rings is 1. The van der Waals surface area contributed by atoms with Crippen molar-refractivity contribution in [1.29, 1.82) is 0 Å². The molecule has 0 bridgehead atoms. The van der Waals surface area contributed by atoms with Gasteiger partial charge in [0.05, 0.1) is 10.6 Å². The topological polar surface area (TPSA) is 97.1 Å². The van der Waals surface area contributed by atoms with E-state index in [4.69, 9.17) is 5.11 Å². The van der Waals surface area contributed by atoms with Crippen LogP contribution in [0.2, 0.25) is 0 Å². The van der Waals surface area contributed by atoms with E-state index in [9.17, 15) is 9.59 Å². The van der Waals surface area contributed by atoms with Gasteiger partial charge in [0.2, 0.25) is 5.91 Å². The monoisotopic (exact) mass is 422 g/mol. The van der Waals surface area contributed by atoms with Crippen molar-refractivity contribution in [2.45, 2.75) is 50.6 Å². The summed E-state index contributed by atoms with van der Waals surface area (Å²) in [5.74, 6) is 0.886. The molecule has 7 nitrogen and oxygen atoms in total. The molecule has 1 aliphatic rings. The Labute approximate surface area is 172 Å². The van der Waals surface area contributed by atoms with Crippen LogP contribution in [0, 0.1) is 5.92 Å². The van der Waals surface area contributed by atoms with E-state index >= 15 is 0 Å². The van der Waals surface area contributed by atoms with E-state index in [0.717, 1.165) is 29.5 Å². The van der Waals surface area contributed by atoms with Crippen molar-refractivity contribution in [3.8, 4) is 10.7 Å². The van der Waals surface area contributed by atoms with Crippen LogP contribution in [0.1, 0.15) is 43.0 Å². The minimum atomic E-state index is -0.851. The lowest BCUT2D eigenvalue weighted by Crippen LogP contribution is -2.26. The second-order valence-electron chi connectivity index (χ2n) is 7.08. The van der Waals surface area contributed by atoms with E-state index in [1.807, 2.05) is 23.0 Å². The van der Waals surface area contributed by atoms with Crippen molar-refractivity contribution in [3.63, 3.8) is 0 Å². The molecule has 0 saturated heterocycles.